The molecule has 1 heterocycles. The summed E-state index contributed by atoms with van der Waals surface area (Å²) in [4.78, 5) is 28.7. The van der Waals surface area contributed by atoms with Gasteiger partial charge >= 0.3 is 0 Å². The van der Waals surface area contributed by atoms with Crippen molar-refractivity contribution in [3.8, 4) is 16.9 Å². The zero-order chi connectivity index (χ0) is 22.9. The molecule has 3 aromatic rings. The molecule has 0 bridgehead atoms. The van der Waals surface area contributed by atoms with E-state index in [-0.39, 0.29) is 18.4 Å². The lowest BCUT2D eigenvalue weighted by atomic mass is 9.94. The summed E-state index contributed by atoms with van der Waals surface area (Å²) in [6, 6.07) is 18.6. The Labute approximate surface area is 194 Å². The molecule has 1 aliphatic carbocycles. The Kier molecular flexibility index (Phi) is 5.79. The molecule has 1 saturated carbocycles. The van der Waals surface area contributed by atoms with Gasteiger partial charge in [0.25, 0.3) is 11.8 Å². The first kappa shape index (κ1) is 21.5. The van der Waals surface area contributed by atoms with E-state index in [0.29, 0.717) is 18.3 Å². The molecule has 0 radical (unpaired) electrons. The fourth-order valence-electron chi connectivity index (χ4n) is 5.16. The summed E-state index contributed by atoms with van der Waals surface area (Å²) < 4.78 is 6.02. The van der Waals surface area contributed by atoms with Crippen LogP contribution in [0.1, 0.15) is 48.0 Å². The molecule has 5 heteroatoms. The molecule has 1 fully saturated rings. The largest absolute Gasteiger partial charge is 0.484 e. The van der Waals surface area contributed by atoms with E-state index in [2.05, 4.69) is 18.2 Å². The van der Waals surface area contributed by atoms with Crippen LogP contribution in [0, 0.1) is 0 Å². The minimum absolute atomic E-state index is 0.0238. The molecule has 0 saturated heterocycles. The highest BCUT2D eigenvalue weighted by Gasteiger charge is 2.25. The van der Waals surface area contributed by atoms with E-state index in [1.54, 1.807) is 4.90 Å². The van der Waals surface area contributed by atoms with Crippen LogP contribution in [0.25, 0.3) is 21.9 Å². The second-order valence-electron chi connectivity index (χ2n) is 9.31. The quantitative estimate of drug-likeness (QED) is 0.541. The van der Waals surface area contributed by atoms with Crippen molar-refractivity contribution in [1.29, 1.82) is 0 Å². The van der Waals surface area contributed by atoms with Gasteiger partial charge in [-0.3, -0.25) is 9.59 Å². The van der Waals surface area contributed by atoms with E-state index in [1.807, 2.05) is 55.4 Å². The van der Waals surface area contributed by atoms with Crippen LogP contribution in [0.5, 0.6) is 5.75 Å². The van der Waals surface area contributed by atoms with Crippen LogP contribution in [0.15, 0.2) is 54.6 Å². The van der Waals surface area contributed by atoms with Gasteiger partial charge in [0.1, 0.15) is 5.75 Å². The average molecular weight is 443 g/mol. The van der Waals surface area contributed by atoms with Gasteiger partial charge in [0.2, 0.25) is 0 Å². The molecule has 170 valence electrons. The lowest BCUT2D eigenvalue weighted by Crippen LogP contribution is -2.40. The normalized spacial score (nSPS) is 16.2. The predicted octanol–water partition coefficient (Wildman–Crippen LogP) is 5.26. The third-order valence-corrected chi connectivity index (χ3v) is 7.11. The molecular formula is C28H30N2O3. The van der Waals surface area contributed by atoms with Crippen molar-refractivity contribution in [2.75, 3.05) is 20.7 Å². The van der Waals surface area contributed by atoms with E-state index >= 15 is 0 Å². The number of benzene rings is 3. The summed E-state index contributed by atoms with van der Waals surface area (Å²) >= 11 is 0. The van der Waals surface area contributed by atoms with Crippen LogP contribution in [-0.4, -0.2) is 48.4 Å². The molecule has 0 aromatic heterocycles. The molecule has 1 aliphatic heterocycles. The van der Waals surface area contributed by atoms with Gasteiger partial charge in [-0.15, -0.1) is 0 Å². The Balaban J connectivity index is 1.42. The van der Waals surface area contributed by atoms with Gasteiger partial charge in [0, 0.05) is 32.2 Å². The topological polar surface area (TPSA) is 49.9 Å². The number of ether oxygens (including phenoxy) is 1. The minimum Gasteiger partial charge on any atom is -0.484 e. The van der Waals surface area contributed by atoms with Crippen LogP contribution < -0.4 is 4.74 Å². The van der Waals surface area contributed by atoms with E-state index in [4.69, 9.17) is 4.74 Å². The minimum atomic E-state index is 0.0238. The summed E-state index contributed by atoms with van der Waals surface area (Å²) in [6.45, 7) is 0.659. The van der Waals surface area contributed by atoms with Gasteiger partial charge in [-0.1, -0.05) is 49.6 Å². The fourth-order valence-corrected chi connectivity index (χ4v) is 5.16. The smallest absolute Gasteiger partial charge is 0.260 e. The Morgan fingerprint density at radius 1 is 1.03 bits per heavy atom. The van der Waals surface area contributed by atoms with Gasteiger partial charge in [0.15, 0.2) is 6.61 Å². The van der Waals surface area contributed by atoms with Crippen LogP contribution in [-0.2, 0) is 11.3 Å². The standard InChI is InChI=1S/C28H30N2O3/c1-29-17-21-14-20(12-13-25(21)28(29)32)26-16-23(15-19-8-6-7-11-24(19)26)33-18-27(31)30(2)22-9-4-3-5-10-22/h6-8,11-16,22H,3-5,9-10,17-18H2,1-2H3. The zero-order valence-electron chi connectivity index (χ0n) is 19.3. The highest BCUT2D eigenvalue weighted by molar-refractivity contribution is 6.01. The summed E-state index contributed by atoms with van der Waals surface area (Å²) in [5, 5.41) is 2.18. The number of carbonyl (C=O) groups excluding carboxylic acids is 2. The Hall–Kier alpha value is -3.34. The number of amides is 2. The van der Waals surface area contributed by atoms with E-state index in [0.717, 1.165) is 45.9 Å². The Morgan fingerprint density at radius 2 is 1.82 bits per heavy atom. The van der Waals surface area contributed by atoms with Crippen LogP contribution in [0.2, 0.25) is 0 Å². The SMILES string of the molecule is CN1Cc2cc(-c3cc(OCC(=O)N(C)C4CCCCC4)cc4ccccc34)ccc2C1=O. The number of hydrogen-bond donors (Lipinski definition) is 0. The molecule has 5 nitrogen and oxygen atoms in total. The zero-order valence-corrected chi connectivity index (χ0v) is 19.3. The number of likely N-dealkylation sites (N-methyl/N-ethyl adjacent to an activating group) is 1. The number of carbonyl (C=O) groups is 2. The second kappa shape index (κ2) is 8.89. The lowest BCUT2D eigenvalue weighted by Gasteiger charge is -2.31. The monoisotopic (exact) mass is 442 g/mol. The molecule has 0 atom stereocenters. The van der Waals surface area contributed by atoms with E-state index in [9.17, 15) is 9.59 Å². The highest BCUT2D eigenvalue weighted by Crippen LogP contribution is 2.35. The summed E-state index contributed by atoms with van der Waals surface area (Å²) in [6.07, 6.45) is 5.82. The van der Waals surface area contributed by atoms with Gasteiger partial charge < -0.3 is 14.5 Å². The third kappa shape index (κ3) is 4.20. The number of fused-ring (bicyclic) bond motifs is 2. The van der Waals surface area contributed by atoms with Gasteiger partial charge in [0.05, 0.1) is 0 Å². The van der Waals surface area contributed by atoms with Crippen molar-refractivity contribution in [2.45, 2.75) is 44.7 Å². The molecule has 3 aromatic carbocycles. The Morgan fingerprint density at radius 3 is 2.64 bits per heavy atom. The molecule has 2 amide bonds. The molecule has 0 spiro atoms. The van der Waals surface area contributed by atoms with Crippen molar-refractivity contribution in [2.24, 2.45) is 0 Å². The summed E-state index contributed by atoms with van der Waals surface area (Å²) in [5.74, 6) is 0.776. The van der Waals surface area contributed by atoms with Gasteiger partial charge in [-0.05, 0) is 64.6 Å². The Bertz CT molecular complexity index is 1210. The van der Waals surface area contributed by atoms with Gasteiger partial charge in [-0.2, -0.15) is 0 Å². The van der Waals surface area contributed by atoms with Crippen LogP contribution >= 0.6 is 0 Å². The second-order valence-corrected chi connectivity index (χ2v) is 9.31. The van der Waals surface area contributed by atoms with Crippen molar-refractivity contribution in [3.05, 3.63) is 65.7 Å². The molecular weight excluding hydrogens is 412 g/mol. The molecule has 2 aliphatic rings. The molecule has 5 rings (SSSR count). The third-order valence-electron chi connectivity index (χ3n) is 7.11. The van der Waals surface area contributed by atoms with E-state index in [1.165, 1.54) is 19.3 Å². The number of rotatable bonds is 5. The first-order valence-electron chi connectivity index (χ1n) is 11.8. The van der Waals surface area contributed by atoms with Crippen LogP contribution in [0.4, 0.5) is 0 Å². The first-order valence-corrected chi connectivity index (χ1v) is 11.8. The maximum Gasteiger partial charge on any atom is 0.260 e. The number of hydrogen-bond acceptors (Lipinski definition) is 3. The lowest BCUT2D eigenvalue weighted by molar-refractivity contribution is -0.134. The molecule has 0 N–H and O–H groups in total. The molecule has 33 heavy (non-hydrogen) atoms. The fraction of sp³-hybridized carbons (Fsp3) is 0.357. The highest BCUT2D eigenvalue weighted by atomic mass is 16.5. The van der Waals surface area contributed by atoms with Crippen molar-refractivity contribution < 1.29 is 14.3 Å². The van der Waals surface area contributed by atoms with E-state index < -0.39 is 0 Å². The van der Waals surface area contributed by atoms with Crippen molar-refractivity contribution in [1.82, 2.24) is 9.80 Å². The first-order chi connectivity index (χ1) is 16.0. The van der Waals surface area contributed by atoms with Crippen molar-refractivity contribution in [3.63, 3.8) is 0 Å². The summed E-state index contributed by atoms with van der Waals surface area (Å²) in [5.41, 5.74) is 3.90. The summed E-state index contributed by atoms with van der Waals surface area (Å²) in [7, 11) is 3.73. The van der Waals surface area contributed by atoms with Crippen molar-refractivity contribution >= 4 is 22.6 Å². The average Bonchev–Trinajstić information content (AvgIpc) is 3.14. The maximum atomic E-state index is 12.8. The van der Waals surface area contributed by atoms with Gasteiger partial charge in [-0.25, -0.2) is 0 Å². The predicted molar refractivity (Wildman–Crippen MR) is 130 cm³/mol. The molecule has 0 unspecified atom stereocenters. The van der Waals surface area contributed by atoms with Crippen LogP contribution in [0.3, 0.4) is 0 Å². The number of nitrogens with zero attached hydrogens (tertiary/aromatic N) is 2. The maximum absolute atomic E-state index is 12.8.